The summed E-state index contributed by atoms with van der Waals surface area (Å²) in [5.74, 6) is -1.23. The summed E-state index contributed by atoms with van der Waals surface area (Å²) < 4.78 is 10.0. The van der Waals surface area contributed by atoms with Crippen LogP contribution >= 0.6 is 0 Å². The van der Waals surface area contributed by atoms with E-state index in [9.17, 15) is 9.59 Å². The molecule has 0 bridgehead atoms. The van der Waals surface area contributed by atoms with Gasteiger partial charge in [0.15, 0.2) is 12.3 Å². The number of ether oxygens (including phenoxy) is 2. The average molecular weight is 260 g/mol. The molecule has 0 saturated carbocycles. The molecule has 1 amide bonds. The maximum absolute atomic E-state index is 11.7. The van der Waals surface area contributed by atoms with Crippen molar-refractivity contribution in [1.82, 2.24) is 10.8 Å². The van der Waals surface area contributed by atoms with E-state index in [0.717, 1.165) is 19.3 Å². The summed E-state index contributed by atoms with van der Waals surface area (Å²) in [5, 5.41) is 2.57. The zero-order chi connectivity index (χ0) is 13.4. The van der Waals surface area contributed by atoms with Crippen LogP contribution in [0.1, 0.15) is 26.2 Å². The Labute approximate surface area is 106 Å². The molecule has 1 aliphatic heterocycles. The van der Waals surface area contributed by atoms with Crippen molar-refractivity contribution >= 4 is 11.9 Å². The molecule has 1 rings (SSSR count). The Balaban J connectivity index is 2.34. The molecule has 0 aromatic rings. The SMILES string of the molecule is CCOC(=O)[C@H](NC)C(=O)NOC1CCCCO1. The number of carbonyl (C=O) groups excluding carboxylic acids is 2. The third-order valence-corrected chi connectivity index (χ3v) is 2.50. The molecule has 0 aliphatic carbocycles. The summed E-state index contributed by atoms with van der Waals surface area (Å²) in [6, 6.07) is -1.08. The van der Waals surface area contributed by atoms with Gasteiger partial charge in [-0.15, -0.1) is 0 Å². The van der Waals surface area contributed by atoms with E-state index < -0.39 is 24.2 Å². The van der Waals surface area contributed by atoms with Crippen LogP contribution in [0, 0.1) is 0 Å². The summed E-state index contributed by atoms with van der Waals surface area (Å²) in [6.45, 7) is 2.51. The van der Waals surface area contributed by atoms with Gasteiger partial charge in [-0.05, 0) is 26.8 Å². The Hall–Kier alpha value is -1.18. The minimum Gasteiger partial charge on any atom is -0.464 e. The lowest BCUT2D eigenvalue weighted by Crippen LogP contribution is -2.49. The molecule has 1 fully saturated rings. The van der Waals surface area contributed by atoms with Gasteiger partial charge < -0.3 is 9.47 Å². The highest BCUT2D eigenvalue weighted by molar-refractivity contribution is 6.01. The van der Waals surface area contributed by atoms with Gasteiger partial charge in [0, 0.05) is 13.0 Å². The molecule has 7 nitrogen and oxygen atoms in total. The van der Waals surface area contributed by atoms with Gasteiger partial charge in [-0.1, -0.05) is 0 Å². The van der Waals surface area contributed by atoms with Crippen LogP contribution in [0.5, 0.6) is 0 Å². The molecule has 0 aromatic heterocycles. The zero-order valence-electron chi connectivity index (χ0n) is 10.7. The number of hydrogen-bond acceptors (Lipinski definition) is 6. The molecule has 1 aliphatic rings. The van der Waals surface area contributed by atoms with E-state index >= 15 is 0 Å². The lowest BCUT2D eigenvalue weighted by molar-refractivity contribution is -0.202. The molecule has 7 heteroatoms. The largest absolute Gasteiger partial charge is 0.464 e. The van der Waals surface area contributed by atoms with Crippen molar-refractivity contribution < 1.29 is 23.9 Å². The van der Waals surface area contributed by atoms with Crippen LogP contribution in [0.15, 0.2) is 0 Å². The van der Waals surface area contributed by atoms with Crippen molar-refractivity contribution in [3.63, 3.8) is 0 Å². The van der Waals surface area contributed by atoms with E-state index in [4.69, 9.17) is 14.3 Å². The summed E-state index contributed by atoms with van der Waals surface area (Å²) >= 11 is 0. The first-order valence-electron chi connectivity index (χ1n) is 6.10. The number of esters is 1. The molecular weight excluding hydrogens is 240 g/mol. The van der Waals surface area contributed by atoms with Crippen LogP contribution in [0.25, 0.3) is 0 Å². The second-order valence-electron chi connectivity index (χ2n) is 3.85. The third kappa shape index (κ3) is 4.59. The summed E-state index contributed by atoms with van der Waals surface area (Å²) in [6.07, 6.45) is 2.27. The van der Waals surface area contributed by atoms with Gasteiger partial charge in [-0.25, -0.2) is 15.1 Å². The van der Waals surface area contributed by atoms with Gasteiger partial charge in [0.1, 0.15) is 0 Å². The molecule has 1 heterocycles. The second-order valence-corrected chi connectivity index (χ2v) is 3.85. The van der Waals surface area contributed by atoms with Gasteiger partial charge in [0.05, 0.1) is 6.61 Å². The number of hydrogen-bond donors (Lipinski definition) is 2. The number of rotatable bonds is 6. The van der Waals surface area contributed by atoms with Crippen molar-refractivity contribution in [3.05, 3.63) is 0 Å². The van der Waals surface area contributed by atoms with Crippen molar-refractivity contribution in [1.29, 1.82) is 0 Å². The maximum atomic E-state index is 11.7. The monoisotopic (exact) mass is 260 g/mol. The smallest absolute Gasteiger partial charge is 0.333 e. The van der Waals surface area contributed by atoms with E-state index in [1.165, 1.54) is 7.05 Å². The van der Waals surface area contributed by atoms with E-state index in [1.807, 2.05) is 0 Å². The summed E-state index contributed by atoms with van der Waals surface area (Å²) in [7, 11) is 1.50. The highest BCUT2D eigenvalue weighted by atomic mass is 16.8. The van der Waals surface area contributed by atoms with Crippen LogP contribution < -0.4 is 10.8 Å². The number of likely N-dealkylation sites (N-methyl/N-ethyl adjacent to an activating group) is 1. The fraction of sp³-hybridized carbons (Fsp3) is 0.818. The Kier molecular flexibility index (Phi) is 6.63. The topological polar surface area (TPSA) is 85.9 Å². The Bertz CT molecular complexity index is 279. The quantitative estimate of drug-likeness (QED) is 0.388. The molecule has 1 saturated heterocycles. The van der Waals surface area contributed by atoms with Crippen molar-refractivity contribution in [2.24, 2.45) is 0 Å². The number of carbonyl (C=O) groups is 2. The fourth-order valence-electron chi connectivity index (χ4n) is 1.57. The van der Waals surface area contributed by atoms with Crippen LogP contribution in [0.2, 0.25) is 0 Å². The molecule has 104 valence electrons. The Morgan fingerprint density at radius 3 is 2.78 bits per heavy atom. The molecule has 18 heavy (non-hydrogen) atoms. The van der Waals surface area contributed by atoms with Gasteiger partial charge in [0.2, 0.25) is 0 Å². The van der Waals surface area contributed by atoms with Gasteiger partial charge >= 0.3 is 5.97 Å². The predicted molar refractivity (Wildman–Crippen MR) is 62.3 cm³/mol. The van der Waals surface area contributed by atoms with Crippen LogP contribution in [0.4, 0.5) is 0 Å². The number of hydroxylamine groups is 1. The molecule has 1 unspecified atom stereocenters. The van der Waals surface area contributed by atoms with Crippen molar-refractivity contribution in [2.45, 2.75) is 38.5 Å². The van der Waals surface area contributed by atoms with Crippen molar-refractivity contribution in [2.75, 3.05) is 20.3 Å². The molecule has 0 radical (unpaired) electrons. The second kappa shape index (κ2) is 8.02. The standard InChI is InChI=1S/C11H20N2O5/c1-3-16-11(15)9(12-2)10(14)13-18-8-6-4-5-7-17-8/h8-9,12H,3-7H2,1-2H3,(H,13,14)/t8?,9-/m1/s1. The number of nitrogens with one attached hydrogen (secondary N) is 2. The first-order chi connectivity index (χ1) is 8.69. The van der Waals surface area contributed by atoms with Gasteiger partial charge in [-0.3, -0.25) is 10.1 Å². The van der Waals surface area contributed by atoms with Crippen molar-refractivity contribution in [3.8, 4) is 0 Å². The number of amides is 1. The minimum atomic E-state index is -1.08. The molecule has 0 spiro atoms. The van der Waals surface area contributed by atoms with E-state index in [2.05, 4.69) is 10.8 Å². The minimum absolute atomic E-state index is 0.219. The predicted octanol–water partition coefficient (Wildman–Crippen LogP) is -0.288. The molecule has 0 aromatic carbocycles. The first kappa shape index (κ1) is 14.9. The molecular formula is C11H20N2O5. The maximum Gasteiger partial charge on any atom is 0.333 e. The van der Waals surface area contributed by atoms with Crippen LogP contribution in [-0.4, -0.2) is 44.5 Å². The highest BCUT2D eigenvalue weighted by Crippen LogP contribution is 2.12. The Morgan fingerprint density at radius 1 is 1.44 bits per heavy atom. The van der Waals surface area contributed by atoms with E-state index in [1.54, 1.807) is 6.92 Å². The van der Waals surface area contributed by atoms with Crippen LogP contribution in [-0.2, 0) is 23.9 Å². The zero-order valence-corrected chi connectivity index (χ0v) is 10.7. The summed E-state index contributed by atoms with van der Waals surface area (Å²) in [4.78, 5) is 28.2. The fourth-order valence-corrected chi connectivity index (χ4v) is 1.57. The lowest BCUT2D eigenvalue weighted by Gasteiger charge is -2.23. The van der Waals surface area contributed by atoms with Gasteiger partial charge in [0.25, 0.3) is 5.91 Å². The lowest BCUT2D eigenvalue weighted by atomic mass is 10.2. The highest BCUT2D eigenvalue weighted by Gasteiger charge is 2.27. The normalized spacial score (nSPS) is 21.1. The summed E-state index contributed by atoms with van der Waals surface area (Å²) in [5.41, 5.74) is 2.22. The third-order valence-electron chi connectivity index (χ3n) is 2.50. The first-order valence-corrected chi connectivity index (χ1v) is 6.10. The van der Waals surface area contributed by atoms with E-state index in [0.29, 0.717) is 6.61 Å². The van der Waals surface area contributed by atoms with Gasteiger partial charge in [-0.2, -0.15) is 0 Å². The Morgan fingerprint density at radius 2 is 2.22 bits per heavy atom. The van der Waals surface area contributed by atoms with E-state index in [-0.39, 0.29) is 6.61 Å². The molecule has 2 N–H and O–H groups in total. The molecule has 2 atom stereocenters. The van der Waals surface area contributed by atoms with Crippen LogP contribution in [0.3, 0.4) is 0 Å². The average Bonchev–Trinajstić information content (AvgIpc) is 2.39.